The quantitative estimate of drug-likeness (QED) is 0.909. The molecule has 0 fully saturated rings. The van der Waals surface area contributed by atoms with Crippen LogP contribution in [-0.2, 0) is 17.9 Å². The lowest BCUT2D eigenvalue weighted by Crippen LogP contribution is -2.37. The fourth-order valence-corrected chi connectivity index (χ4v) is 2.60. The van der Waals surface area contributed by atoms with Crippen LogP contribution in [0.5, 0.6) is 0 Å². The number of hydrogen-bond acceptors (Lipinski definition) is 4. The van der Waals surface area contributed by atoms with Crippen molar-refractivity contribution in [3.63, 3.8) is 0 Å². The van der Waals surface area contributed by atoms with Gasteiger partial charge in [0.15, 0.2) is 0 Å². The first kappa shape index (κ1) is 13.8. The summed E-state index contributed by atoms with van der Waals surface area (Å²) in [5.41, 5.74) is 2.03. The fourth-order valence-electron chi connectivity index (χ4n) is 2.60. The zero-order valence-electron chi connectivity index (χ0n) is 12.1. The number of carbonyl (C=O) groups excluding carboxylic acids is 1. The summed E-state index contributed by atoms with van der Waals surface area (Å²) in [5, 5.41) is 7.66. The maximum Gasteiger partial charge on any atom is 0.224 e. The zero-order chi connectivity index (χ0) is 14.7. The molecule has 2 aromatic heterocycles. The van der Waals surface area contributed by atoms with Gasteiger partial charge in [0.25, 0.3) is 0 Å². The van der Waals surface area contributed by atoms with Crippen molar-refractivity contribution in [3.8, 4) is 0 Å². The van der Waals surface area contributed by atoms with Gasteiger partial charge in [-0.1, -0.05) is 6.07 Å². The van der Waals surface area contributed by atoms with Gasteiger partial charge in [0.1, 0.15) is 0 Å². The first-order chi connectivity index (χ1) is 10.2. The van der Waals surface area contributed by atoms with Crippen molar-refractivity contribution < 1.29 is 4.79 Å². The molecule has 0 aliphatic carbocycles. The van der Waals surface area contributed by atoms with Gasteiger partial charge in [-0.2, -0.15) is 5.10 Å². The summed E-state index contributed by atoms with van der Waals surface area (Å²) in [4.78, 5) is 18.4. The van der Waals surface area contributed by atoms with E-state index in [9.17, 15) is 4.79 Å². The number of nitrogens with zero attached hydrogens (tertiary/aromatic N) is 4. The number of amides is 1. The number of fused-ring (bicyclic) bond motifs is 1. The summed E-state index contributed by atoms with van der Waals surface area (Å²) in [6.45, 7) is 2.12. The Morgan fingerprint density at radius 2 is 2.33 bits per heavy atom. The Kier molecular flexibility index (Phi) is 3.96. The number of hydrogen-bond donors (Lipinski definition) is 1. The van der Waals surface area contributed by atoms with Crippen molar-refractivity contribution >= 4 is 5.91 Å². The largest absolute Gasteiger partial charge is 0.340 e. The van der Waals surface area contributed by atoms with Crippen molar-refractivity contribution in [2.45, 2.75) is 25.6 Å². The Morgan fingerprint density at radius 3 is 3.14 bits per heavy atom. The van der Waals surface area contributed by atoms with E-state index in [2.05, 4.69) is 15.4 Å². The Bertz CT molecular complexity index is 610. The molecule has 1 N–H and O–H groups in total. The minimum atomic E-state index is 0.0856. The van der Waals surface area contributed by atoms with E-state index in [1.807, 2.05) is 36.0 Å². The summed E-state index contributed by atoms with van der Waals surface area (Å²) in [5.74, 6) is 0.107. The van der Waals surface area contributed by atoms with Gasteiger partial charge in [-0.15, -0.1) is 0 Å². The molecule has 0 unspecified atom stereocenters. The molecule has 0 radical (unpaired) electrons. The Morgan fingerprint density at radius 1 is 1.43 bits per heavy atom. The number of carbonyl (C=O) groups is 1. The van der Waals surface area contributed by atoms with Crippen LogP contribution < -0.4 is 5.32 Å². The predicted molar refractivity (Wildman–Crippen MR) is 78.3 cm³/mol. The molecule has 0 saturated carbocycles. The lowest BCUT2D eigenvalue weighted by molar-refractivity contribution is -0.131. The van der Waals surface area contributed by atoms with Crippen LogP contribution in [0.25, 0.3) is 0 Å². The third-order valence-electron chi connectivity index (χ3n) is 3.75. The highest BCUT2D eigenvalue weighted by Crippen LogP contribution is 2.18. The summed E-state index contributed by atoms with van der Waals surface area (Å²) in [7, 11) is 1.82. The first-order valence-corrected chi connectivity index (χ1v) is 7.11. The average molecular weight is 285 g/mol. The highest BCUT2D eigenvalue weighted by molar-refractivity contribution is 5.76. The molecule has 1 atom stereocenters. The lowest BCUT2D eigenvalue weighted by atomic mass is 10.1. The highest BCUT2D eigenvalue weighted by Gasteiger charge is 2.23. The van der Waals surface area contributed by atoms with Crippen LogP contribution >= 0.6 is 0 Å². The van der Waals surface area contributed by atoms with Crippen LogP contribution in [0.2, 0.25) is 0 Å². The molecule has 2 aromatic rings. The second-order valence-corrected chi connectivity index (χ2v) is 5.33. The minimum Gasteiger partial charge on any atom is -0.340 e. The van der Waals surface area contributed by atoms with E-state index >= 15 is 0 Å². The van der Waals surface area contributed by atoms with Gasteiger partial charge in [-0.05, 0) is 18.2 Å². The molecule has 3 rings (SSSR count). The van der Waals surface area contributed by atoms with Gasteiger partial charge in [-0.25, -0.2) is 0 Å². The molecular weight excluding hydrogens is 266 g/mol. The zero-order valence-corrected chi connectivity index (χ0v) is 12.1. The maximum absolute atomic E-state index is 12.4. The maximum atomic E-state index is 12.4. The summed E-state index contributed by atoms with van der Waals surface area (Å²) < 4.78 is 1.96. The van der Waals surface area contributed by atoms with Crippen molar-refractivity contribution in [3.05, 3.63) is 48.0 Å². The molecule has 0 spiro atoms. The van der Waals surface area contributed by atoms with Gasteiger partial charge in [0, 0.05) is 32.5 Å². The van der Waals surface area contributed by atoms with Gasteiger partial charge < -0.3 is 10.2 Å². The molecule has 110 valence electrons. The van der Waals surface area contributed by atoms with Crippen molar-refractivity contribution in [1.82, 2.24) is 25.0 Å². The monoisotopic (exact) mass is 285 g/mol. The molecule has 6 nitrogen and oxygen atoms in total. The molecule has 3 heterocycles. The number of pyridine rings is 1. The summed E-state index contributed by atoms with van der Waals surface area (Å²) in [6.07, 6.45) is 3.98. The van der Waals surface area contributed by atoms with Gasteiger partial charge in [-0.3, -0.25) is 14.5 Å². The van der Waals surface area contributed by atoms with E-state index in [0.717, 1.165) is 24.5 Å². The third kappa shape index (κ3) is 3.11. The van der Waals surface area contributed by atoms with E-state index in [1.165, 1.54) is 0 Å². The van der Waals surface area contributed by atoms with Crippen LogP contribution in [0.15, 0.2) is 36.7 Å². The molecular formula is C15H19N5O. The van der Waals surface area contributed by atoms with Crippen molar-refractivity contribution in [2.24, 2.45) is 0 Å². The van der Waals surface area contributed by atoms with Crippen molar-refractivity contribution in [1.29, 1.82) is 0 Å². The molecule has 21 heavy (non-hydrogen) atoms. The normalized spacial score (nSPS) is 17.3. The van der Waals surface area contributed by atoms with Crippen LogP contribution in [0.3, 0.4) is 0 Å². The minimum absolute atomic E-state index is 0.0856. The summed E-state index contributed by atoms with van der Waals surface area (Å²) in [6, 6.07) is 7.81. The predicted octanol–water partition coefficient (Wildman–Crippen LogP) is 0.971. The van der Waals surface area contributed by atoms with E-state index in [0.29, 0.717) is 13.0 Å². The van der Waals surface area contributed by atoms with E-state index in [1.54, 1.807) is 17.3 Å². The molecule has 0 bridgehead atoms. The molecule has 1 amide bonds. The number of rotatable bonds is 4. The standard InChI is InChI=1S/C15H19N5O/c1-19(11-12-4-2-3-6-17-12)15(21)8-14-10-16-9-13-5-7-18-20(13)14/h2-7,14,16H,8-11H2,1H3/t14-/m0/s1. The smallest absolute Gasteiger partial charge is 0.224 e. The molecule has 0 saturated heterocycles. The Hall–Kier alpha value is -2.21. The number of aromatic nitrogens is 3. The third-order valence-corrected chi connectivity index (χ3v) is 3.75. The van der Waals surface area contributed by atoms with Gasteiger partial charge >= 0.3 is 0 Å². The van der Waals surface area contributed by atoms with Gasteiger partial charge in [0.05, 0.1) is 30.4 Å². The first-order valence-electron chi connectivity index (χ1n) is 7.11. The van der Waals surface area contributed by atoms with Crippen LogP contribution in [0.4, 0.5) is 0 Å². The average Bonchev–Trinajstić information content (AvgIpc) is 2.98. The van der Waals surface area contributed by atoms with E-state index in [4.69, 9.17) is 0 Å². The molecule has 1 aliphatic rings. The summed E-state index contributed by atoms with van der Waals surface area (Å²) >= 11 is 0. The van der Waals surface area contributed by atoms with E-state index in [-0.39, 0.29) is 11.9 Å². The van der Waals surface area contributed by atoms with Crippen molar-refractivity contribution in [2.75, 3.05) is 13.6 Å². The SMILES string of the molecule is CN(Cc1ccccn1)C(=O)C[C@H]1CNCc2ccnn21. The lowest BCUT2D eigenvalue weighted by Gasteiger charge is -2.27. The van der Waals surface area contributed by atoms with Crippen LogP contribution in [0.1, 0.15) is 23.9 Å². The Balaban J connectivity index is 1.62. The molecule has 1 aliphatic heterocycles. The highest BCUT2D eigenvalue weighted by atomic mass is 16.2. The Labute approximate surface area is 123 Å². The van der Waals surface area contributed by atoms with Crippen LogP contribution in [0, 0.1) is 0 Å². The van der Waals surface area contributed by atoms with Gasteiger partial charge in [0.2, 0.25) is 5.91 Å². The topological polar surface area (TPSA) is 63.1 Å². The number of nitrogens with one attached hydrogen (secondary N) is 1. The second kappa shape index (κ2) is 6.05. The van der Waals surface area contributed by atoms with Crippen LogP contribution in [-0.4, -0.2) is 39.2 Å². The molecule has 0 aromatic carbocycles. The second-order valence-electron chi connectivity index (χ2n) is 5.33. The van der Waals surface area contributed by atoms with E-state index < -0.39 is 0 Å². The molecule has 6 heteroatoms. The fraction of sp³-hybridized carbons (Fsp3) is 0.400.